The van der Waals surface area contributed by atoms with Crippen LogP contribution in [0.15, 0.2) is 42.7 Å². The number of aromatic nitrogens is 1. The molecule has 104 valence electrons. The van der Waals surface area contributed by atoms with Gasteiger partial charge in [0.2, 0.25) is 0 Å². The summed E-state index contributed by atoms with van der Waals surface area (Å²) in [5.74, 6) is 1.39. The summed E-state index contributed by atoms with van der Waals surface area (Å²) >= 11 is 0. The van der Waals surface area contributed by atoms with Gasteiger partial charge in [0.25, 0.3) is 0 Å². The van der Waals surface area contributed by atoms with Crippen molar-refractivity contribution in [2.45, 2.75) is 18.9 Å². The number of rotatable bonds is 4. The van der Waals surface area contributed by atoms with E-state index in [1.807, 2.05) is 13.2 Å². The lowest BCUT2D eigenvalue weighted by Crippen LogP contribution is -2.26. The molecule has 1 unspecified atom stereocenters. The molecule has 0 spiro atoms. The summed E-state index contributed by atoms with van der Waals surface area (Å²) in [5.41, 5.74) is 4.16. The lowest BCUT2D eigenvalue weighted by molar-refractivity contribution is 0.387. The van der Waals surface area contributed by atoms with E-state index in [0.717, 1.165) is 18.6 Å². The second kappa shape index (κ2) is 5.63. The Labute approximate surface area is 120 Å². The Morgan fingerprint density at radius 3 is 2.50 bits per heavy atom. The molecule has 0 amide bonds. The van der Waals surface area contributed by atoms with Crippen molar-refractivity contribution in [3.8, 4) is 5.75 Å². The fourth-order valence-corrected chi connectivity index (χ4v) is 3.22. The minimum absolute atomic E-state index is 0.310. The number of nitrogens with one attached hydrogen (secondary N) is 1. The van der Waals surface area contributed by atoms with E-state index in [4.69, 9.17) is 4.74 Å². The monoisotopic (exact) mass is 268 g/mol. The van der Waals surface area contributed by atoms with E-state index in [1.54, 1.807) is 13.3 Å². The molecule has 0 radical (unpaired) electrons. The lowest BCUT2D eigenvalue weighted by atomic mass is 9.91. The molecular formula is C17H20N2O. The third-order valence-electron chi connectivity index (χ3n) is 4.19. The van der Waals surface area contributed by atoms with Crippen LogP contribution in [0.25, 0.3) is 0 Å². The summed E-state index contributed by atoms with van der Waals surface area (Å²) in [7, 11) is 3.70. The van der Waals surface area contributed by atoms with Crippen LogP contribution in [-0.2, 0) is 12.8 Å². The molecule has 0 bridgehead atoms. The van der Waals surface area contributed by atoms with Crippen molar-refractivity contribution in [2.75, 3.05) is 14.2 Å². The standard InChI is InChI=1S/C17H20N2O/c1-18-17(15-9-16(20-2)11-19-10-15)14-7-12-5-3-4-6-13(12)8-14/h3-6,9-11,14,17-18H,7-8H2,1-2H3. The zero-order valence-electron chi connectivity index (χ0n) is 12.0. The van der Waals surface area contributed by atoms with E-state index in [1.165, 1.54) is 16.7 Å². The van der Waals surface area contributed by atoms with E-state index >= 15 is 0 Å². The number of nitrogens with zero attached hydrogens (tertiary/aromatic N) is 1. The number of pyridine rings is 1. The van der Waals surface area contributed by atoms with Crippen LogP contribution in [-0.4, -0.2) is 19.1 Å². The van der Waals surface area contributed by atoms with Crippen molar-refractivity contribution in [3.63, 3.8) is 0 Å². The molecule has 0 saturated heterocycles. The van der Waals surface area contributed by atoms with Crippen LogP contribution in [0.3, 0.4) is 0 Å². The first-order valence-electron chi connectivity index (χ1n) is 7.05. The van der Waals surface area contributed by atoms with E-state index in [9.17, 15) is 0 Å². The Morgan fingerprint density at radius 2 is 1.90 bits per heavy atom. The Morgan fingerprint density at radius 1 is 1.20 bits per heavy atom. The smallest absolute Gasteiger partial charge is 0.137 e. The third kappa shape index (κ3) is 2.41. The predicted octanol–water partition coefficient (Wildman–Crippen LogP) is 2.77. The van der Waals surface area contributed by atoms with Crippen molar-refractivity contribution in [3.05, 3.63) is 59.4 Å². The Bertz CT molecular complexity index is 572. The maximum atomic E-state index is 5.28. The normalized spacial score (nSPS) is 15.9. The Balaban J connectivity index is 1.85. The summed E-state index contributed by atoms with van der Waals surface area (Å²) < 4.78 is 5.28. The fourth-order valence-electron chi connectivity index (χ4n) is 3.22. The van der Waals surface area contributed by atoms with Gasteiger partial charge in [0, 0.05) is 12.2 Å². The SMILES string of the molecule is CNC(c1cncc(OC)c1)C1Cc2ccccc2C1. The summed E-state index contributed by atoms with van der Waals surface area (Å²) in [5, 5.41) is 3.45. The molecular weight excluding hydrogens is 248 g/mol. The van der Waals surface area contributed by atoms with Gasteiger partial charge in [0.1, 0.15) is 5.75 Å². The molecule has 1 aromatic heterocycles. The van der Waals surface area contributed by atoms with Crippen LogP contribution in [0.1, 0.15) is 22.7 Å². The highest BCUT2D eigenvalue weighted by atomic mass is 16.5. The van der Waals surface area contributed by atoms with Crippen LogP contribution in [0.2, 0.25) is 0 Å². The molecule has 20 heavy (non-hydrogen) atoms. The zero-order chi connectivity index (χ0) is 13.9. The van der Waals surface area contributed by atoms with Crippen molar-refractivity contribution in [2.24, 2.45) is 5.92 Å². The highest BCUT2D eigenvalue weighted by molar-refractivity contribution is 5.35. The maximum Gasteiger partial charge on any atom is 0.137 e. The van der Waals surface area contributed by atoms with Crippen LogP contribution >= 0.6 is 0 Å². The molecule has 1 aromatic carbocycles. The average Bonchev–Trinajstić information content (AvgIpc) is 2.91. The van der Waals surface area contributed by atoms with Gasteiger partial charge >= 0.3 is 0 Å². The van der Waals surface area contributed by atoms with Gasteiger partial charge in [-0.25, -0.2) is 0 Å². The number of benzene rings is 1. The van der Waals surface area contributed by atoms with Crippen LogP contribution < -0.4 is 10.1 Å². The van der Waals surface area contributed by atoms with Gasteiger partial charge in [-0.2, -0.15) is 0 Å². The molecule has 0 saturated carbocycles. The Kier molecular flexibility index (Phi) is 3.70. The molecule has 1 atom stereocenters. The van der Waals surface area contributed by atoms with E-state index < -0.39 is 0 Å². The van der Waals surface area contributed by atoms with E-state index in [0.29, 0.717) is 12.0 Å². The van der Waals surface area contributed by atoms with Crippen molar-refractivity contribution in [1.29, 1.82) is 0 Å². The topological polar surface area (TPSA) is 34.2 Å². The lowest BCUT2D eigenvalue weighted by Gasteiger charge is -2.23. The second-order valence-corrected chi connectivity index (χ2v) is 5.36. The first-order valence-corrected chi connectivity index (χ1v) is 7.05. The summed E-state index contributed by atoms with van der Waals surface area (Å²) in [6.07, 6.45) is 5.93. The van der Waals surface area contributed by atoms with Crippen molar-refractivity contribution in [1.82, 2.24) is 10.3 Å². The quantitative estimate of drug-likeness (QED) is 0.926. The van der Waals surface area contributed by atoms with Gasteiger partial charge in [0.15, 0.2) is 0 Å². The van der Waals surface area contributed by atoms with Gasteiger partial charge in [-0.05, 0) is 48.6 Å². The van der Waals surface area contributed by atoms with Gasteiger partial charge in [-0.3, -0.25) is 4.98 Å². The van der Waals surface area contributed by atoms with Crippen LogP contribution in [0, 0.1) is 5.92 Å². The maximum absolute atomic E-state index is 5.28. The van der Waals surface area contributed by atoms with Crippen molar-refractivity contribution >= 4 is 0 Å². The van der Waals surface area contributed by atoms with E-state index in [-0.39, 0.29) is 0 Å². The molecule has 1 aliphatic carbocycles. The summed E-state index contributed by atoms with van der Waals surface area (Å²) in [4.78, 5) is 4.28. The second-order valence-electron chi connectivity index (χ2n) is 5.36. The summed E-state index contributed by atoms with van der Waals surface area (Å²) in [6, 6.07) is 11.1. The molecule has 2 aromatic rings. The molecule has 0 aliphatic heterocycles. The zero-order valence-corrected chi connectivity index (χ0v) is 12.0. The molecule has 1 aliphatic rings. The molecule has 3 nitrogen and oxygen atoms in total. The minimum Gasteiger partial charge on any atom is -0.495 e. The van der Waals surface area contributed by atoms with Gasteiger partial charge in [-0.15, -0.1) is 0 Å². The minimum atomic E-state index is 0.310. The highest BCUT2D eigenvalue weighted by Gasteiger charge is 2.28. The summed E-state index contributed by atoms with van der Waals surface area (Å²) in [6.45, 7) is 0. The Hall–Kier alpha value is -1.87. The predicted molar refractivity (Wildman–Crippen MR) is 79.9 cm³/mol. The van der Waals surface area contributed by atoms with Gasteiger partial charge < -0.3 is 10.1 Å². The first kappa shape index (κ1) is 13.1. The first-order chi connectivity index (χ1) is 9.81. The molecule has 1 heterocycles. The largest absolute Gasteiger partial charge is 0.495 e. The number of fused-ring (bicyclic) bond motifs is 1. The molecule has 1 N–H and O–H groups in total. The molecule has 3 heteroatoms. The number of ether oxygens (including phenoxy) is 1. The average molecular weight is 268 g/mol. The van der Waals surface area contributed by atoms with Gasteiger partial charge in [-0.1, -0.05) is 24.3 Å². The van der Waals surface area contributed by atoms with Crippen LogP contribution in [0.4, 0.5) is 0 Å². The van der Waals surface area contributed by atoms with Crippen LogP contribution in [0.5, 0.6) is 5.75 Å². The molecule has 0 fully saturated rings. The van der Waals surface area contributed by atoms with E-state index in [2.05, 4.69) is 40.6 Å². The third-order valence-corrected chi connectivity index (χ3v) is 4.19. The number of methoxy groups -OCH3 is 1. The number of hydrogen-bond acceptors (Lipinski definition) is 3. The fraction of sp³-hybridized carbons (Fsp3) is 0.353. The molecule has 3 rings (SSSR count). The number of hydrogen-bond donors (Lipinski definition) is 1. The highest BCUT2D eigenvalue weighted by Crippen LogP contribution is 2.35. The van der Waals surface area contributed by atoms with Gasteiger partial charge in [0.05, 0.1) is 13.3 Å². The van der Waals surface area contributed by atoms with Crippen molar-refractivity contribution < 1.29 is 4.74 Å².